The number of rotatable bonds is 3. The van der Waals surface area contributed by atoms with Crippen LogP contribution in [0.4, 0.5) is 10.6 Å². The number of hydrogen-bond acceptors (Lipinski definition) is 3. The fraction of sp³-hybridized carbons (Fsp3) is 0.294. The van der Waals surface area contributed by atoms with Crippen LogP contribution >= 0.6 is 12.4 Å². The summed E-state index contributed by atoms with van der Waals surface area (Å²) in [5.41, 5.74) is 9.13. The van der Waals surface area contributed by atoms with Crippen molar-refractivity contribution in [3.05, 3.63) is 59.3 Å². The third kappa shape index (κ3) is 3.02. The predicted octanol–water partition coefficient (Wildman–Crippen LogP) is 3.13. The summed E-state index contributed by atoms with van der Waals surface area (Å²) in [7, 11) is 1.81. The van der Waals surface area contributed by atoms with E-state index in [-0.39, 0.29) is 30.4 Å². The highest BCUT2D eigenvalue weighted by Crippen LogP contribution is 2.38. The second kappa shape index (κ2) is 6.98. The summed E-state index contributed by atoms with van der Waals surface area (Å²) in [5.74, 6) is 0.862. The zero-order chi connectivity index (χ0) is 15.7. The van der Waals surface area contributed by atoms with E-state index in [9.17, 15) is 4.79 Å². The maximum Gasteiger partial charge on any atom is 0.323 e. The van der Waals surface area contributed by atoms with Crippen LogP contribution < -0.4 is 11.1 Å². The third-order valence-corrected chi connectivity index (χ3v) is 4.24. The van der Waals surface area contributed by atoms with Crippen molar-refractivity contribution >= 4 is 24.3 Å². The first-order chi connectivity index (χ1) is 10.6. The lowest BCUT2D eigenvalue weighted by atomic mass is 9.87. The Bertz CT molecular complexity index is 706. The lowest BCUT2D eigenvalue weighted by molar-refractivity contribution is 0.209. The maximum absolute atomic E-state index is 12.2. The van der Waals surface area contributed by atoms with Gasteiger partial charge in [0.05, 0.1) is 6.04 Å². The monoisotopic (exact) mass is 332 g/mol. The molecule has 6 heteroatoms. The van der Waals surface area contributed by atoms with Crippen molar-refractivity contribution in [2.75, 3.05) is 18.9 Å². The van der Waals surface area contributed by atoms with Crippen molar-refractivity contribution in [1.82, 2.24) is 9.88 Å². The van der Waals surface area contributed by atoms with Crippen molar-refractivity contribution in [2.24, 2.45) is 5.73 Å². The van der Waals surface area contributed by atoms with Crippen LogP contribution in [-0.2, 0) is 0 Å². The number of fused-ring (bicyclic) bond motifs is 1. The number of benzene rings is 1. The second-order valence-corrected chi connectivity index (χ2v) is 5.65. The highest BCUT2D eigenvalue weighted by atomic mass is 35.5. The number of nitrogens with two attached hydrogens (primary N) is 1. The van der Waals surface area contributed by atoms with Gasteiger partial charge in [-0.2, -0.15) is 0 Å². The molecule has 2 amide bonds. The molecule has 3 N–H and O–H groups in total. The molecule has 0 radical (unpaired) electrons. The van der Waals surface area contributed by atoms with Crippen molar-refractivity contribution in [1.29, 1.82) is 0 Å². The Morgan fingerprint density at radius 3 is 2.70 bits per heavy atom. The number of halogens is 1. The van der Waals surface area contributed by atoms with Gasteiger partial charge in [0, 0.05) is 18.8 Å². The number of nitrogens with zero attached hydrogens (tertiary/aromatic N) is 2. The van der Waals surface area contributed by atoms with Gasteiger partial charge in [-0.15, -0.1) is 12.4 Å². The van der Waals surface area contributed by atoms with Crippen LogP contribution in [0.5, 0.6) is 0 Å². The van der Waals surface area contributed by atoms with Gasteiger partial charge in [-0.25, -0.2) is 9.78 Å². The lowest BCUT2D eigenvalue weighted by Gasteiger charge is -2.36. The maximum atomic E-state index is 12.2. The highest BCUT2D eigenvalue weighted by molar-refractivity contribution is 5.92. The van der Waals surface area contributed by atoms with Gasteiger partial charge in [0.2, 0.25) is 0 Å². The lowest BCUT2D eigenvalue weighted by Crippen LogP contribution is -2.40. The summed E-state index contributed by atoms with van der Waals surface area (Å²) >= 11 is 0. The Kier molecular flexibility index (Phi) is 5.23. The van der Waals surface area contributed by atoms with Crippen LogP contribution in [0.1, 0.15) is 35.6 Å². The highest BCUT2D eigenvalue weighted by Gasteiger charge is 2.33. The summed E-state index contributed by atoms with van der Waals surface area (Å²) in [6.45, 7) is 2.67. The van der Waals surface area contributed by atoms with E-state index in [1.165, 1.54) is 5.56 Å². The average Bonchev–Trinajstić information content (AvgIpc) is 2.55. The largest absolute Gasteiger partial charge is 0.330 e. The molecule has 1 aromatic heterocycles. The van der Waals surface area contributed by atoms with Crippen LogP contribution in [0.25, 0.3) is 0 Å². The number of aromatic nitrogens is 1. The number of urea groups is 1. The number of amides is 2. The number of carbonyl (C=O) groups excluding carboxylic acids is 1. The van der Waals surface area contributed by atoms with E-state index in [0.717, 1.165) is 11.1 Å². The molecule has 2 heterocycles. The molecular weight excluding hydrogens is 312 g/mol. The van der Waals surface area contributed by atoms with Crippen LogP contribution in [0.3, 0.4) is 0 Å². The van der Waals surface area contributed by atoms with Gasteiger partial charge in [-0.05, 0) is 29.7 Å². The summed E-state index contributed by atoms with van der Waals surface area (Å²) in [6.07, 6.45) is 1.69. The van der Waals surface area contributed by atoms with Gasteiger partial charge in [0.25, 0.3) is 0 Å². The second-order valence-electron chi connectivity index (χ2n) is 5.65. The minimum Gasteiger partial charge on any atom is -0.330 e. The molecule has 5 nitrogen and oxygen atoms in total. The molecule has 0 saturated carbocycles. The number of hydrogen-bond donors (Lipinski definition) is 2. The Morgan fingerprint density at radius 1 is 1.26 bits per heavy atom. The molecule has 0 aliphatic carbocycles. The van der Waals surface area contributed by atoms with Crippen LogP contribution in [0, 0.1) is 0 Å². The summed E-state index contributed by atoms with van der Waals surface area (Å²) in [5, 5.41) is 2.82. The van der Waals surface area contributed by atoms with E-state index in [0.29, 0.717) is 12.4 Å². The topological polar surface area (TPSA) is 71.2 Å². The molecule has 1 aromatic carbocycles. The standard InChI is InChI=1S/C17H20N4O.ClH/c1-11(10-18)12-6-3-4-7-13(12)15-14-8-5-9-19-16(14)20-17(22)21(15)2;/h3-9,11,15H,10,18H2,1-2H3,(H,19,20,22);1H. The van der Waals surface area contributed by atoms with Gasteiger partial charge in [-0.1, -0.05) is 37.3 Å². The molecule has 3 rings (SSSR count). The molecule has 0 saturated heterocycles. The van der Waals surface area contributed by atoms with Crippen LogP contribution in [0.15, 0.2) is 42.6 Å². The number of anilines is 1. The van der Waals surface area contributed by atoms with Crippen LogP contribution in [0.2, 0.25) is 0 Å². The van der Waals surface area contributed by atoms with Gasteiger partial charge < -0.3 is 10.6 Å². The van der Waals surface area contributed by atoms with Crippen molar-refractivity contribution in [3.8, 4) is 0 Å². The summed E-state index contributed by atoms with van der Waals surface area (Å²) in [4.78, 5) is 18.2. The Labute approximate surface area is 142 Å². The molecule has 2 unspecified atom stereocenters. The first kappa shape index (κ1) is 17.2. The summed E-state index contributed by atoms with van der Waals surface area (Å²) < 4.78 is 0. The number of carbonyl (C=O) groups is 1. The minimum absolute atomic E-state index is 0. The first-order valence-corrected chi connectivity index (χ1v) is 7.41. The molecular formula is C17H21ClN4O. The molecule has 0 fully saturated rings. The van der Waals surface area contributed by atoms with Gasteiger partial charge in [0.15, 0.2) is 0 Å². The Morgan fingerprint density at radius 2 is 1.96 bits per heavy atom. The summed E-state index contributed by atoms with van der Waals surface area (Å²) in [6, 6.07) is 11.8. The van der Waals surface area contributed by atoms with E-state index >= 15 is 0 Å². The molecule has 2 aromatic rings. The zero-order valence-corrected chi connectivity index (χ0v) is 14.0. The predicted molar refractivity (Wildman–Crippen MR) is 94.0 cm³/mol. The minimum atomic E-state index is -0.150. The fourth-order valence-electron chi connectivity index (χ4n) is 2.97. The van der Waals surface area contributed by atoms with E-state index < -0.39 is 0 Å². The molecule has 122 valence electrons. The number of pyridine rings is 1. The van der Waals surface area contributed by atoms with Crippen molar-refractivity contribution < 1.29 is 4.79 Å². The van der Waals surface area contributed by atoms with Crippen molar-refractivity contribution in [3.63, 3.8) is 0 Å². The molecule has 0 bridgehead atoms. The molecule has 2 atom stereocenters. The van der Waals surface area contributed by atoms with Crippen molar-refractivity contribution in [2.45, 2.75) is 18.9 Å². The van der Waals surface area contributed by atoms with E-state index in [4.69, 9.17) is 5.73 Å². The molecule has 1 aliphatic rings. The van der Waals surface area contributed by atoms with E-state index in [1.54, 1.807) is 18.1 Å². The van der Waals surface area contributed by atoms with Gasteiger partial charge >= 0.3 is 6.03 Å². The fourth-order valence-corrected chi connectivity index (χ4v) is 2.97. The Balaban J connectivity index is 0.00000192. The Hall–Kier alpha value is -2.11. The average molecular weight is 333 g/mol. The number of nitrogens with one attached hydrogen (secondary N) is 1. The molecule has 1 aliphatic heterocycles. The van der Waals surface area contributed by atoms with Gasteiger partial charge in [0.1, 0.15) is 5.82 Å². The SMILES string of the molecule is CC(CN)c1ccccc1C1c2cccnc2NC(=O)N1C.Cl. The quantitative estimate of drug-likeness (QED) is 0.907. The van der Waals surface area contributed by atoms with E-state index in [2.05, 4.69) is 29.4 Å². The smallest absolute Gasteiger partial charge is 0.323 e. The first-order valence-electron chi connectivity index (χ1n) is 7.41. The molecule has 0 spiro atoms. The third-order valence-electron chi connectivity index (χ3n) is 4.24. The zero-order valence-electron chi connectivity index (χ0n) is 13.2. The van der Waals surface area contributed by atoms with E-state index in [1.807, 2.05) is 24.3 Å². The molecule has 23 heavy (non-hydrogen) atoms. The van der Waals surface area contributed by atoms with Crippen LogP contribution in [-0.4, -0.2) is 29.5 Å². The normalized spacial score (nSPS) is 17.8. The van der Waals surface area contributed by atoms with Gasteiger partial charge in [-0.3, -0.25) is 5.32 Å².